The van der Waals surface area contributed by atoms with Crippen molar-refractivity contribution in [1.82, 2.24) is 4.90 Å². The molecule has 1 N–H and O–H groups in total. The fourth-order valence-corrected chi connectivity index (χ4v) is 4.73. The van der Waals surface area contributed by atoms with Gasteiger partial charge in [-0.05, 0) is 23.3 Å². The summed E-state index contributed by atoms with van der Waals surface area (Å²) in [6.07, 6.45) is 0. The molecule has 1 atom stereocenters. The SMILES string of the molecule is CN1Cc2cc(C(Br)c3cc(Cl)sc3Cl)ccc2NC1=O. The summed E-state index contributed by atoms with van der Waals surface area (Å²) in [6, 6.07) is 7.77. The summed E-state index contributed by atoms with van der Waals surface area (Å²) in [5.74, 6) is 0. The molecule has 2 amide bonds. The highest BCUT2D eigenvalue weighted by atomic mass is 79.9. The number of thiophene rings is 1. The minimum Gasteiger partial charge on any atom is -0.323 e. The number of carbonyl (C=O) groups is 1. The number of hydrogen-bond acceptors (Lipinski definition) is 2. The van der Waals surface area contributed by atoms with Crippen LogP contribution in [0, 0.1) is 0 Å². The topological polar surface area (TPSA) is 32.3 Å². The van der Waals surface area contributed by atoms with Crippen molar-refractivity contribution in [2.45, 2.75) is 11.4 Å². The molecule has 3 nitrogen and oxygen atoms in total. The van der Waals surface area contributed by atoms with Crippen LogP contribution in [0.2, 0.25) is 8.67 Å². The fraction of sp³-hybridized carbons (Fsp3) is 0.214. The van der Waals surface area contributed by atoms with Crippen molar-refractivity contribution in [3.8, 4) is 0 Å². The van der Waals surface area contributed by atoms with Crippen LogP contribution in [0.25, 0.3) is 0 Å². The van der Waals surface area contributed by atoms with E-state index in [0.717, 1.165) is 22.4 Å². The van der Waals surface area contributed by atoms with Gasteiger partial charge in [-0.25, -0.2) is 4.79 Å². The van der Waals surface area contributed by atoms with Crippen molar-refractivity contribution < 1.29 is 4.79 Å². The maximum Gasteiger partial charge on any atom is 0.321 e. The van der Waals surface area contributed by atoms with E-state index in [1.165, 1.54) is 11.3 Å². The summed E-state index contributed by atoms with van der Waals surface area (Å²) < 4.78 is 1.36. The van der Waals surface area contributed by atoms with E-state index >= 15 is 0 Å². The molecule has 0 radical (unpaired) electrons. The lowest BCUT2D eigenvalue weighted by molar-refractivity contribution is 0.218. The summed E-state index contributed by atoms with van der Waals surface area (Å²) in [5, 5.41) is 2.86. The lowest BCUT2D eigenvalue weighted by atomic mass is 10.0. The van der Waals surface area contributed by atoms with E-state index < -0.39 is 0 Å². The Bertz CT molecular complexity index is 719. The van der Waals surface area contributed by atoms with Crippen LogP contribution in [0.5, 0.6) is 0 Å². The van der Waals surface area contributed by atoms with E-state index in [-0.39, 0.29) is 10.9 Å². The molecular formula is C14H11BrCl2N2OS. The largest absolute Gasteiger partial charge is 0.323 e. The molecule has 1 aromatic carbocycles. The van der Waals surface area contributed by atoms with Crippen LogP contribution in [-0.4, -0.2) is 18.0 Å². The van der Waals surface area contributed by atoms with Crippen LogP contribution in [0.4, 0.5) is 10.5 Å². The Morgan fingerprint density at radius 3 is 2.81 bits per heavy atom. The van der Waals surface area contributed by atoms with Crippen molar-refractivity contribution in [2.75, 3.05) is 12.4 Å². The second-order valence-electron chi connectivity index (χ2n) is 4.84. The van der Waals surface area contributed by atoms with Gasteiger partial charge in [0.1, 0.15) is 0 Å². The molecule has 110 valence electrons. The first-order chi connectivity index (χ1) is 9.95. The van der Waals surface area contributed by atoms with Crippen LogP contribution in [-0.2, 0) is 6.54 Å². The zero-order valence-electron chi connectivity index (χ0n) is 11.0. The molecular weight excluding hydrogens is 395 g/mol. The number of hydrogen-bond donors (Lipinski definition) is 1. The minimum absolute atomic E-state index is 0.0259. The third-order valence-corrected chi connectivity index (χ3v) is 5.91. The van der Waals surface area contributed by atoms with Gasteiger partial charge in [0.2, 0.25) is 0 Å². The summed E-state index contributed by atoms with van der Waals surface area (Å²) in [5.41, 5.74) is 3.97. The van der Waals surface area contributed by atoms with Crippen molar-refractivity contribution in [1.29, 1.82) is 0 Å². The molecule has 0 bridgehead atoms. The normalized spacial score (nSPS) is 15.6. The highest BCUT2D eigenvalue weighted by molar-refractivity contribution is 9.09. The van der Waals surface area contributed by atoms with Gasteiger partial charge in [-0.3, -0.25) is 0 Å². The van der Waals surface area contributed by atoms with Crippen LogP contribution < -0.4 is 5.32 Å². The van der Waals surface area contributed by atoms with Gasteiger partial charge in [0, 0.05) is 24.8 Å². The van der Waals surface area contributed by atoms with Crippen LogP contribution in [0.15, 0.2) is 24.3 Å². The van der Waals surface area contributed by atoms with Crippen LogP contribution in [0.1, 0.15) is 21.5 Å². The Morgan fingerprint density at radius 2 is 2.14 bits per heavy atom. The van der Waals surface area contributed by atoms with E-state index in [1.54, 1.807) is 11.9 Å². The highest BCUT2D eigenvalue weighted by Gasteiger charge is 2.22. The average Bonchev–Trinajstić information content (AvgIpc) is 2.78. The molecule has 0 saturated carbocycles. The number of amides is 2. The molecule has 1 unspecified atom stereocenters. The number of fused-ring (bicyclic) bond motifs is 1. The number of rotatable bonds is 2. The molecule has 2 heterocycles. The number of urea groups is 1. The number of anilines is 1. The van der Waals surface area contributed by atoms with Gasteiger partial charge in [0.05, 0.1) is 13.5 Å². The van der Waals surface area contributed by atoms with E-state index in [4.69, 9.17) is 23.2 Å². The first kappa shape index (κ1) is 15.2. The summed E-state index contributed by atoms with van der Waals surface area (Å²) in [7, 11) is 1.77. The predicted octanol–water partition coefficient (Wildman–Crippen LogP) is 5.52. The third-order valence-electron chi connectivity index (χ3n) is 3.37. The van der Waals surface area contributed by atoms with E-state index in [2.05, 4.69) is 27.3 Å². The van der Waals surface area contributed by atoms with Gasteiger partial charge in [0.25, 0.3) is 0 Å². The number of halogens is 3. The van der Waals surface area contributed by atoms with Gasteiger partial charge >= 0.3 is 6.03 Å². The Labute approximate surface area is 145 Å². The van der Waals surface area contributed by atoms with Gasteiger partial charge in [0.15, 0.2) is 0 Å². The average molecular weight is 406 g/mol. The fourth-order valence-electron chi connectivity index (χ4n) is 2.27. The Morgan fingerprint density at radius 1 is 1.38 bits per heavy atom. The second kappa shape index (κ2) is 5.80. The van der Waals surface area contributed by atoms with Gasteiger partial charge < -0.3 is 10.2 Å². The molecule has 0 aliphatic carbocycles. The van der Waals surface area contributed by atoms with E-state index in [1.807, 2.05) is 18.2 Å². The maximum atomic E-state index is 11.6. The third kappa shape index (κ3) is 2.93. The van der Waals surface area contributed by atoms with Gasteiger partial charge in [-0.1, -0.05) is 51.3 Å². The molecule has 21 heavy (non-hydrogen) atoms. The van der Waals surface area contributed by atoms with E-state index in [9.17, 15) is 4.79 Å². The zero-order chi connectivity index (χ0) is 15.1. The van der Waals surface area contributed by atoms with Gasteiger partial charge in [-0.15, -0.1) is 11.3 Å². The lowest BCUT2D eigenvalue weighted by Crippen LogP contribution is -2.35. The monoisotopic (exact) mass is 404 g/mol. The van der Waals surface area contributed by atoms with Gasteiger partial charge in [-0.2, -0.15) is 0 Å². The number of benzene rings is 1. The number of nitrogens with zero attached hydrogens (tertiary/aromatic N) is 1. The van der Waals surface area contributed by atoms with Crippen molar-refractivity contribution >= 4 is 62.2 Å². The Hall–Kier alpha value is -0.750. The molecule has 0 saturated heterocycles. The second-order valence-corrected chi connectivity index (χ2v) is 8.05. The maximum absolute atomic E-state index is 11.6. The first-order valence-electron chi connectivity index (χ1n) is 6.19. The number of nitrogens with one attached hydrogen (secondary N) is 1. The van der Waals surface area contributed by atoms with Crippen LogP contribution >= 0.6 is 50.5 Å². The standard InChI is InChI=1S/C14H11BrCl2N2OS/c1-19-6-8-4-7(2-3-10(8)18-14(19)20)12(15)9-5-11(16)21-13(9)17/h2-5,12H,6H2,1H3,(H,18,20). The molecule has 0 fully saturated rings. The molecule has 7 heteroatoms. The molecule has 1 aromatic heterocycles. The molecule has 2 aromatic rings. The Balaban J connectivity index is 1.95. The van der Waals surface area contributed by atoms with Crippen molar-refractivity contribution in [2.24, 2.45) is 0 Å². The predicted molar refractivity (Wildman–Crippen MR) is 92.0 cm³/mol. The first-order valence-corrected chi connectivity index (χ1v) is 8.68. The molecule has 1 aliphatic rings. The molecule has 0 spiro atoms. The van der Waals surface area contributed by atoms with E-state index in [0.29, 0.717) is 15.2 Å². The number of alkyl halides is 1. The molecule has 1 aliphatic heterocycles. The highest BCUT2D eigenvalue weighted by Crippen LogP contribution is 2.42. The quantitative estimate of drug-likeness (QED) is 0.655. The molecule has 3 rings (SSSR count). The summed E-state index contributed by atoms with van der Waals surface area (Å²) >= 11 is 17.3. The smallest absolute Gasteiger partial charge is 0.321 e. The number of carbonyl (C=O) groups excluding carboxylic acids is 1. The lowest BCUT2D eigenvalue weighted by Gasteiger charge is -2.26. The Kier molecular flexibility index (Phi) is 4.19. The zero-order valence-corrected chi connectivity index (χ0v) is 14.9. The summed E-state index contributed by atoms with van der Waals surface area (Å²) in [4.78, 5) is 13.2. The minimum atomic E-state index is -0.0849. The van der Waals surface area contributed by atoms with Crippen molar-refractivity contribution in [3.63, 3.8) is 0 Å². The van der Waals surface area contributed by atoms with Crippen LogP contribution in [0.3, 0.4) is 0 Å². The van der Waals surface area contributed by atoms with Crippen molar-refractivity contribution in [3.05, 3.63) is 49.6 Å². The summed E-state index contributed by atoms with van der Waals surface area (Å²) in [6.45, 7) is 0.590.